The number of hydrogen-bond donors (Lipinski definition) is 1. The number of aryl methyl sites for hydroxylation is 3. The smallest absolute Gasteiger partial charge is 0.251 e. The van der Waals surface area contributed by atoms with E-state index in [1.54, 1.807) is 11.3 Å². The Hall–Kier alpha value is -2.99. The van der Waals surface area contributed by atoms with Crippen LogP contribution in [0.15, 0.2) is 47.8 Å². The Morgan fingerprint density at radius 3 is 2.46 bits per heavy atom. The lowest BCUT2D eigenvalue weighted by Crippen LogP contribution is -2.26. The molecule has 1 N–H and O–H groups in total. The molecule has 4 aromatic rings. The number of benzene rings is 2. The molecule has 0 saturated carbocycles. The largest absolute Gasteiger partial charge is 0.352 e. The number of fused-ring (bicyclic) bond motifs is 1. The van der Waals surface area contributed by atoms with Crippen molar-refractivity contribution < 1.29 is 4.79 Å². The second-order valence-electron chi connectivity index (χ2n) is 7.11. The van der Waals surface area contributed by atoms with Gasteiger partial charge in [0.05, 0.1) is 5.69 Å². The summed E-state index contributed by atoms with van der Waals surface area (Å²) in [5, 5.41) is 9.71. The molecule has 4 rings (SSSR count). The van der Waals surface area contributed by atoms with Crippen molar-refractivity contribution in [2.24, 2.45) is 0 Å². The summed E-state index contributed by atoms with van der Waals surface area (Å²) in [5.41, 5.74) is 6.16. The van der Waals surface area contributed by atoms with E-state index in [1.807, 2.05) is 42.6 Å². The topological polar surface area (TPSA) is 59.3 Å². The first-order valence-electron chi connectivity index (χ1n) is 9.26. The Balaban J connectivity index is 1.45. The predicted octanol–water partition coefficient (Wildman–Crippen LogP) is 4.36. The third-order valence-corrected chi connectivity index (χ3v) is 5.48. The van der Waals surface area contributed by atoms with Crippen molar-refractivity contribution >= 4 is 22.2 Å². The number of thiazole rings is 1. The minimum Gasteiger partial charge on any atom is -0.352 e. The summed E-state index contributed by atoms with van der Waals surface area (Å²) < 4.78 is 1.88. The van der Waals surface area contributed by atoms with E-state index in [0.717, 1.165) is 33.2 Å². The number of amides is 1. The summed E-state index contributed by atoms with van der Waals surface area (Å²) in [5.74, 6) is 0.685. The summed E-state index contributed by atoms with van der Waals surface area (Å²) in [6.07, 6.45) is 0.702. The van der Waals surface area contributed by atoms with Gasteiger partial charge < -0.3 is 5.32 Å². The predicted molar refractivity (Wildman–Crippen MR) is 113 cm³/mol. The van der Waals surface area contributed by atoms with Crippen LogP contribution in [0, 0.1) is 20.8 Å². The second-order valence-corrected chi connectivity index (χ2v) is 7.94. The lowest BCUT2D eigenvalue weighted by molar-refractivity contribution is 0.0954. The summed E-state index contributed by atoms with van der Waals surface area (Å²) in [6.45, 7) is 6.62. The molecule has 0 unspecified atom stereocenters. The van der Waals surface area contributed by atoms with E-state index in [0.29, 0.717) is 18.5 Å². The number of carbonyl (C=O) groups excluding carboxylic acids is 1. The fraction of sp³-hybridized carbons (Fsp3) is 0.227. The highest BCUT2D eigenvalue weighted by Crippen LogP contribution is 2.21. The molecule has 2 heterocycles. The van der Waals surface area contributed by atoms with Gasteiger partial charge in [-0.15, -0.1) is 16.4 Å². The number of hydrogen-bond acceptors (Lipinski definition) is 4. The van der Waals surface area contributed by atoms with Crippen LogP contribution in [0.1, 0.15) is 32.7 Å². The second kappa shape index (κ2) is 7.56. The number of rotatable bonds is 5. The highest BCUT2D eigenvalue weighted by molar-refractivity contribution is 7.15. The molecule has 0 aliphatic heterocycles. The van der Waals surface area contributed by atoms with Crippen molar-refractivity contribution in [3.63, 3.8) is 0 Å². The quantitative estimate of drug-likeness (QED) is 0.551. The van der Waals surface area contributed by atoms with Crippen LogP contribution in [0.5, 0.6) is 0 Å². The summed E-state index contributed by atoms with van der Waals surface area (Å²) in [7, 11) is 0. The minimum atomic E-state index is -0.0443. The molecule has 0 atom stereocenters. The van der Waals surface area contributed by atoms with Gasteiger partial charge >= 0.3 is 0 Å². The van der Waals surface area contributed by atoms with Gasteiger partial charge in [0, 0.05) is 29.5 Å². The van der Waals surface area contributed by atoms with Gasteiger partial charge in [-0.1, -0.05) is 47.0 Å². The normalized spacial score (nSPS) is 11.1. The van der Waals surface area contributed by atoms with E-state index >= 15 is 0 Å². The maximum atomic E-state index is 12.4. The van der Waals surface area contributed by atoms with E-state index in [4.69, 9.17) is 0 Å². The molecular formula is C22H22N4OS. The van der Waals surface area contributed by atoms with Crippen LogP contribution in [0.2, 0.25) is 0 Å². The Morgan fingerprint density at radius 1 is 1.04 bits per heavy atom. The van der Waals surface area contributed by atoms with Gasteiger partial charge in [0.1, 0.15) is 0 Å². The molecule has 1 amide bonds. The van der Waals surface area contributed by atoms with Crippen molar-refractivity contribution in [3.8, 4) is 11.4 Å². The molecule has 28 heavy (non-hydrogen) atoms. The van der Waals surface area contributed by atoms with E-state index in [2.05, 4.69) is 45.9 Å². The van der Waals surface area contributed by atoms with Crippen molar-refractivity contribution in [1.82, 2.24) is 19.9 Å². The Bertz CT molecular complexity index is 1120. The van der Waals surface area contributed by atoms with Gasteiger partial charge in [0.25, 0.3) is 5.91 Å². The SMILES string of the molecule is Cc1ccc(-c2nc3scc(CCNC(=O)c4cc(C)cc(C)c4)n3n2)cc1. The zero-order chi connectivity index (χ0) is 19.7. The summed E-state index contributed by atoms with van der Waals surface area (Å²) in [6, 6.07) is 14.1. The Labute approximate surface area is 168 Å². The summed E-state index contributed by atoms with van der Waals surface area (Å²) >= 11 is 1.57. The number of aromatic nitrogens is 3. The molecule has 2 aromatic carbocycles. The van der Waals surface area contributed by atoms with Crippen LogP contribution in [0.4, 0.5) is 0 Å². The molecule has 2 aromatic heterocycles. The van der Waals surface area contributed by atoms with E-state index in [9.17, 15) is 4.79 Å². The molecule has 0 aliphatic rings. The Morgan fingerprint density at radius 2 is 1.75 bits per heavy atom. The van der Waals surface area contributed by atoms with Crippen molar-refractivity contribution in [3.05, 3.63) is 75.8 Å². The molecule has 142 valence electrons. The van der Waals surface area contributed by atoms with Crippen molar-refractivity contribution in [2.45, 2.75) is 27.2 Å². The molecule has 5 nitrogen and oxygen atoms in total. The van der Waals surface area contributed by atoms with Crippen LogP contribution in [-0.2, 0) is 6.42 Å². The third kappa shape index (κ3) is 3.82. The van der Waals surface area contributed by atoms with Gasteiger partial charge in [0.15, 0.2) is 5.82 Å². The maximum Gasteiger partial charge on any atom is 0.251 e. The highest BCUT2D eigenvalue weighted by Gasteiger charge is 2.12. The van der Waals surface area contributed by atoms with Crippen LogP contribution >= 0.6 is 11.3 Å². The zero-order valence-electron chi connectivity index (χ0n) is 16.2. The van der Waals surface area contributed by atoms with Crippen molar-refractivity contribution in [2.75, 3.05) is 6.54 Å². The van der Waals surface area contributed by atoms with Gasteiger partial charge in [-0.2, -0.15) is 4.98 Å². The molecule has 0 bridgehead atoms. The molecule has 0 spiro atoms. The number of nitrogens with zero attached hydrogens (tertiary/aromatic N) is 3. The average molecular weight is 391 g/mol. The number of nitrogens with one attached hydrogen (secondary N) is 1. The van der Waals surface area contributed by atoms with Crippen LogP contribution in [0.25, 0.3) is 16.3 Å². The highest BCUT2D eigenvalue weighted by atomic mass is 32.1. The first-order valence-corrected chi connectivity index (χ1v) is 10.1. The molecular weight excluding hydrogens is 368 g/mol. The summed E-state index contributed by atoms with van der Waals surface area (Å²) in [4.78, 5) is 17.9. The van der Waals surface area contributed by atoms with Gasteiger partial charge in [-0.3, -0.25) is 4.79 Å². The van der Waals surface area contributed by atoms with E-state index < -0.39 is 0 Å². The fourth-order valence-corrected chi connectivity index (χ4v) is 4.09. The zero-order valence-corrected chi connectivity index (χ0v) is 17.0. The molecule has 0 aliphatic carbocycles. The van der Waals surface area contributed by atoms with Gasteiger partial charge in [-0.25, -0.2) is 4.52 Å². The van der Waals surface area contributed by atoms with E-state index in [-0.39, 0.29) is 5.91 Å². The van der Waals surface area contributed by atoms with Crippen molar-refractivity contribution in [1.29, 1.82) is 0 Å². The number of carbonyl (C=O) groups is 1. The lowest BCUT2D eigenvalue weighted by Gasteiger charge is -2.07. The monoisotopic (exact) mass is 390 g/mol. The standard InChI is InChI=1S/C22H22N4OS/c1-14-4-6-17(7-5-14)20-24-22-26(25-20)19(13-28-22)8-9-23-21(27)18-11-15(2)10-16(3)12-18/h4-7,10-13H,8-9H2,1-3H3,(H,23,27). The van der Waals surface area contributed by atoms with Crippen LogP contribution < -0.4 is 5.32 Å². The molecule has 0 fully saturated rings. The fourth-order valence-electron chi connectivity index (χ4n) is 3.23. The molecule has 0 saturated heterocycles. The van der Waals surface area contributed by atoms with Crippen LogP contribution in [0.3, 0.4) is 0 Å². The minimum absolute atomic E-state index is 0.0443. The first-order chi connectivity index (χ1) is 13.5. The Kier molecular flexibility index (Phi) is 4.96. The molecule has 0 radical (unpaired) electrons. The average Bonchev–Trinajstić information content (AvgIpc) is 3.23. The van der Waals surface area contributed by atoms with E-state index in [1.165, 1.54) is 5.56 Å². The van der Waals surface area contributed by atoms with Gasteiger partial charge in [-0.05, 0) is 32.9 Å². The lowest BCUT2D eigenvalue weighted by atomic mass is 10.1. The first kappa shape index (κ1) is 18.4. The maximum absolute atomic E-state index is 12.4. The third-order valence-electron chi connectivity index (χ3n) is 4.61. The van der Waals surface area contributed by atoms with Crippen LogP contribution in [-0.4, -0.2) is 27.0 Å². The molecule has 6 heteroatoms. The van der Waals surface area contributed by atoms with Gasteiger partial charge in [0.2, 0.25) is 4.96 Å².